The van der Waals surface area contributed by atoms with Gasteiger partial charge in [0.1, 0.15) is 0 Å². The van der Waals surface area contributed by atoms with Crippen LogP contribution in [0.2, 0.25) is 0 Å². The van der Waals surface area contributed by atoms with E-state index in [1.54, 1.807) is 6.07 Å². The highest BCUT2D eigenvalue weighted by Gasteiger charge is 2.18. The largest absolute Gasteiger partial charge is 0.385 e. The lowest BCUT2D eigenvalue weighted by Crippen LogP contribution is -2.29. The predicted molar refractivity (Wildman–Crippen MR) is 69.5 cm³/mol. The molecule has 2 N–H and O–H groups in total. The fourth-order valence-corrected chi connectivity index (χ4v) is 2.49. The van der Waals surface area contributed by atoms with Crippen molar-refractivity contribution in [1.29, 1.82) is 0 Å². The van der Waals surface area contributed by atoms with E-state index in [4.69, 9.17) is 0 Å². The first-order chi connectivity index (χ1) is 8.00. The lowest BCUT2D eigenvalue weighted by molar-refractivity contribution is 0.526. The zero-order valence-corrected chi connectivity index (χ0v) is 10.8. The summed E-state index contributed by atoms with van der Waals surface area (Å²) in [6.45, 7) is 0.941. The van der Waals surface area contributed by atoms with Crippen molar-refractivity contribution in [2.24, 2.45) is 0 Å². The molecule has 0 unspecified atom stereocenters. The molecule has 0 fully saturated rings. The summed E-state index contributed by atoms with van der Waals surface area (Å²) in [6.07, 6.45) is 1.92. The van der Waals surface area contributed by atoms with Crippen LogP contribution in [0, 0.1) is 0 Å². The van der Waals surface area contributed by atoms with E-state index < -0.39 is 10.2 Å². The molecule has 0 bridgehead atoms. The van der Waals surface area contributed by atoms with Gasteiger partial charge in [-0.25, -0.2) is 0 Å². The molecule has 0 amide bonds. The molecule has 17 heavy (non-hydrogen) atoms. The van der Waals surface area contributed by atoms with Gasteiger partial charge < -0.3 is 5.32 Å². The first-order valence-electron chi connectivity index (χ1n) is 5.57. The molecule has 0 aliphatic carbocycles. The number of anilines is 2. The van der Waals surface area contributed by atoms with Gasteiger partial charge in [-0.1, -0.05) is 6.07 Å². The van der Waals surface area contributed by atoms with Crippen LogP contribution in [0.1, 0.15) is 12.0 Å². The first kappa shape index (κ1) is 12.2. The summed E-state index contributed by atoms with van der Waals surface area (Å²) in [5, 5.41) is 3.27. The smallest absolute Gasteiger partial charge is 0.301 e. The highest BCUT2D eigenvalue weighted by molar-refractivity contribution is 7.90. The van der Waals surface area contributed by atoms with Crippen LogP contribution in [0.4, 0.5) is 11.4 Å². The Hall–Kier alpha value is -1.27. The molecular weight excluding hydrogens is 238 g/mol. The zero-order chi connectivity index (χ0) is 12.5. The van der Waals surface area contributed by atoms with Crippen molar-refractivity contribution in [2.45, 2.75) is 12.8 Å². The van der Waals surface area contributed by atoms with E-state index in [-0.39, 0.29) is 0 Å². The molecule has 1 aliphatic heterocycles. The van der Waals surface area contributed by atoms with E-state index in [9.17, 15) is 8.42 Å². The minimum Gasteiger partial charge on any atom is -0.385 e. The van der Waals surface area contributed by atoms with Gasteiger partial charge in [0.25, 0.3) is 0 Å². The molecule has 0 radical (unpaired) electrons. The van der Waals surface area contributed by atoms with E-state index in [0.29, 0.717) is 5.69 Å². The second-order valence-electron chi connectivity index (χ2n) is 4.25. The number of fused-ring (bicyclic) bond motifs is 1. The van der Waals surface area contributed by atoms with Crippen molar-refractivity contribution in [2.75, 3.05) is 30.7 Å². The standard InChI is InChI=1S/C11H17N3O2S/c1-14(2)17(15,16)13-11-7-3-6-10-9(11)5-4-8-12-10/h3,6-7,12-13H,4-5,8H2,1-2H3. The third-order valence-electron chi connectivity index (χ3n) is 2.81. The van der Waals surface area contributed by atoms with Crippen molar-refractivity contribution >= 4 is 21.6 Å². The lowest BCUT2D eigenvalue weighted by Gasteiger charge is -2.22. The number of hydrogen-bond acceptors (Lipinski definition) is 3. The third kappa shape index (κ3) is 2.53. The maximum absolute atomic E-state index is 11.8. The van der Waals surface area contributed by atoms with Crippen molar-refractivity contribution in [3.63, 3.8) is 0 Å². The SMILES string of the molecule is CN(C)S(=O)(=O)Nc1cccc2c1CCCN2. The van der Waals surface area contributed by atoms with Gasteiger partial charge in [-0.3, -0.25) is 4.72 Å². The molecule has 94 valence electrons. The summed E-state index contributed by atoms with van der Waals surface area (Å²) in [7, 11) is -0.409. The summed E-state index contributed by atoms with van der Waals surface area (Å²) in [5.74, 6) is 0. The molecule has 1 aromatic carbocycles. The number of nitrogens with one attached hydrogen (secondary N) is 2. The lowest BCUT2D eigenvalue weighted by atomic mass is 10.0. The predicted octanol–water partition coefficient (Wildman–Crippen LogP) is 1.26. The zero-order valence-electron chi connectivity index (χ0n) is 10.0. The molecule has 0 atom stereocenters. The minimum atomic E-state index is -3.43. The normalized spacial score (nSPS) is 15.2. The van der Waals surface area contributed by atoms with Crippen LogP contribution in [-0.2, 0) is 16.6 Å². The Morgan fingerprint density at radius 1 is 1.35 bits per heavy atom. The van der Waals surface area contributed by atoms with Crippen LogP contribution in [-0.4, -0.2) is 33.4 Å². The van der Waals surface area contributed by atoms with Crippen LogP contribution in [0.5, 0.6) is 0 Å². The van der Waals surface area contributed by atoms with Crippen LogP contribution in [0.15, 0.2) is 18.2 Å². The maximum Gasteiger partial charge on any atom is 0.301 e. The summed E-state index contributed by atoms with van der Waals surface area (Å²) >= 11 is 0. The molecule has 1 heterocycles. The molecule has 1 aromatic rings. The topological polar surface area (TPSA) is 61.4 Å². The summed E-state index contributed by atoms with van der Waals surface area (Å²) in [5.41, 5.74) is 2.74. The molecule has 0 saturated carbocycles. The van der Waals surface area contributed by atoms with E-state index in [0.717, 1.165) is 30.6 Å². The highest BCUT2D eigenvalue weighted by atomic mass is 32.2. The summed E-state index contributed by atoms with van der Waals surface area (Å²) in [4.78, 5) is 0. The molecule has 0 saturated heterocycles. The monoisotopic (exact) mass is 255 g/mol. The Labute approximate surface area is 102 Å². The Morgan fingerprint density at radius 3 is 2.82 bits per heavy atom. The van der Waals surface area contributed by atoms with Gasteiger partial charge in [0.2, 0.25) is 0 Å². The molecule has 0 aromatic heterocycles. The average Bonchev–Trinajstić information content (AvgIpc) is 2.29. The highest BCUT2D eigenvalue weighted by Crippen LogP contribution is 2.29. The van der Waals surface area contributed by atoms with Crippen molar-refractivity contribution in [3.8, 4) is 0 Å². The maximum atomic E-state index is 11.8. The molecule has 0 spiro atoms. The molecule has 6 heteroatoms. The number of hydrogen-bond donors (Lipinski definition) is 2. The van der Waals surface area contributed by atoms with E-state index >= 15 is 0 Å². The number of benzene rings is 1. The summed E-state index contributed by atoms with van der Waals surface area (Å²) < 4.78 is 27.3. The van der Waals surface area contributed by atoms with Gasteiger partial charge in [0, 0.05) is 26.3 Å². The average molecular weight is 255 g/mol. The molecule has 2 rings (SSSR count). The van der Waals surface area contributed by atoms with E-state index in [1.165, 1.54) is 18.4 Å². The fraction of sp³-hybridized carbons (Fsp3) is 0.455. The Morgan fingerprint density at radius 2 is 2.12 bits per heavy atom. The van der Waals surface area contributed by atoms with Crippen LogP contribution in [0.3, 0.4) is 0 Å². The van der Waals surface area contributed by atoms with Crippen molar-refractivity contribution in [3.05, 3.63) is 23.8 Å². The van der Waals surface area contributed by atoms with Gasteiger partial charge in [0.15, 0.2) is 0 Å². The van der Waals surface area contributed by atoms with Gasteiger partial charge in [-0.15, -0.1) is 0 Å². The van der Waals surface area contributed by atoms with Crippen LogP contribution in [0.25, 0.3) is 0 Å². The second-order valence-corrected chi connectivity index (χ2v) is 6.14. The molecular formula is C11H17N3O2S. The quantitative estimate of drug-likeness (QED) is 0.855. The Bertz CT molecular complexity index is 511. The Balaban J connectivity index is 2.34. The van der Waals surface area contributed by atoms with Gasteiger partial charge in [0.05, 0.1) is 5.69 Å². The fourth-order valence-electron chi connectivity index (χ4n) is 1.84. The minimum absolute atomic E-state index is 0.670. The third-order valence-corrected chi connectivity index (χ3v) is 4.25. The molecule has 1 aliphatic rings. The molecule has 5 nitrogen and oxygen atoms in total. The Kier molecular flexibility index (Phi) is 3.26. The summed E-state index contributed by atoms with van der Waals surface area (Å²) in [6, 6.07) is 5.62. The number of rotatable bonds is 3. The second kappa shape index (κ2) is 4.54. The van der Waals surface area contributed by atoms with Gasteiger partial charge >= 0.3 is 10.2 Å². The van der Waals surface area contributed by atoms with Crippen molar-refractivity contribution < 1.29 is 8.42 Å². The van der Waals surface area contributed by atoms with Crippen molar-refractivity contribution in [1.82, 2.24) is 4.31 Å². The van der Waals surface area contributed by atoms with Gasteiger partial charge in [-0.2, -0.15) is 12.7 Å². The van der Waals surface area contributed by atoms with Crippen LogP contribution >= 0.6 is 0 Å². The number of nitrogens with zero attached hydrogens (tertiary/aromatic N) is 1. The van der Waals surface area contributed by atoms with E-state index in [1.807, 2.05) is 12.1 Å². The van der Waals surface area contributed by atoms with Crippen LogP contribution < -0.4 is 10.0 Å². The first-order valence-corrected chi connectivity index (χ1v) is 7.01. The van der Waals surface area contributed by atoms with Gasteiger partial charge in [-0.05, 0) is 30.5 Å². The van der Waals surface area contributed by atoms with E-state index in [2.05, 4.69) is 10.0 Å².